The van der Waals surface area contributed by atoms with Gasteiger partial charge >= 0.3 is 0 Å². The zero-order valence-electron chi connectivity index (χ0n) is 19.1. The van der Waals surface area contributed by atoms with Crippen LogP contribution in [0.5, 0.6) is 0 Å². The van der Waals surface area contributed by atoms with Gasteiger partial charge in [-0.3, -0.25) is 14.9 Å². The summed E-state index contributed by atoms with van der Waals surface area (Å²) >= 11 is 17.9. The van der Waals surface area contributed by atoms with E-state index in [1.54, 1.807) is 30.3 Å². The number of benzene rings is 3. The first-order chi connectivity index (χ1) is 16.8. The van der Waals surface area contributed by atoms with E-state index in [4.69, 9.17) is 35.4 Å². The minimum Gasteiger partial charge on any atom is -0.365 e. The van der Waals surface area contributed by atoms with Crippen molar-refractivity contribution in [3.8, 4) is 0 Å². The zero-order valence-corrected chi connectivity index (χ0v) is 21.4. The monoisotopic (exact) mass is 526 g/mol. The summed E-state index contributed by atoms with van der Waals surface area (Å²) in [6.45, 7) is 4.34. The second-order valence-corrected chi connectivity index (χ2v) is 9.45. The van der Waals surface area contributed by atoms with Crippen LogP contribution >= 0.6 is 35.4 Å². The van der Waals surface area contributed by atoms with E-state index in [-0.39, 0.29) is 16.9 Å². The molecule has 0 atom stereocenters. The van der Waals surface area contributed by atoms with Crippen LogP contribution in [0.1, 0.15) is 26.3 Å². The minimum atomic E-state index is -0.364. The van der Waals surface area contributed by atoms with Crippen LogP contribution < -0.4 is 15.5 Å². The molecule has 3 aromatic rings. The van der Waals surface area contributed by atoms with Crippen molar-refractivity contribution in [1.29, 1.82) is 0 Å². The van der Waals surface area contributed by atoms with Crippen molar-refractivity contribution in [3.63, 3.8) is 0 Å². The number of hydrogen-bond acceptors (Lipinski definition) is 4. The average molecular weight is 527 g/mol. The van der Waals surface area contributed by atoms with Crippen LogP contribution in [-0.4, -0.2) is 48.0 Å². The largest absolute Gasteiger partial charge is 0.365 e. The standard InChI is InChI=1S/C26H24Cl2N4O2S/c1-17-8-10-18(11-9-17)25(34)32-14-12-31(13-15-32)23-21(28)6-3-7-22(23)29-26(35)30-24(33)19-4-2-5-20(27)16-19/h2-11,16H,12-15H2,1H3,(H2,29,30,33,35). The SMILES string of the molecule is Cc1ccc(C(=O)N2CCN(c3c(Cl)cccc3NC(=S)NC(=O)c3cccc(Cl)c3)CC2)cc1. The van der Waals surface area contributed by atoms with Gasteiger partial charge < -0.3 is 15.1 Å². The molecule has 1 aliphatic rings. The number of hydrogen-bond donors (Lipinski definition) is 2. The van der Waals surface area contributed by atoms with Crippen LogP contribution in [0.15, 0.2) is 66.7 Å². The molecule has 0 aliphatic carbocycles. The third-order valence-corrected chi connectivity index (χ3v) is 6.47. The van der Waals surface area contributed by atoms with Crippen LogP contribution in [0.3, 0.4) is 0 Å². The Labute approximate surface area is 219 Å². The van der Waals surface area contributed by atoms with E-state index in [2.05, 4.69) is 15.5 Å². The third kappa shape index (κ3) is 6.11. The molecule has 0 spiro atoms. The highest BCUT2D eigenvalue weighted by Gasteiger charge is 2.25. The van der Waals surface area contributed by atoms with Crippen molar-refractivity contribution >= 4 is 63.7 Å². The van der Waals surface area contributed by atoms with Gasteiger partial charge in [-0.1, -0.05) is 53.0 Å². The van der Waals surface area contributed by atoms with Gasteiger partial charge in [0.1, 0.15) is 0 Å². The van der Waals surface area contributed by atoms with Crippen molar-refractivity contribution in [1.82, 2.24) is 10.2 Å². The molecule has 3 aromatic carbocycles. The summed E-state index contributed by atoms with van der Waals surface area (Å²) in [5.74, 6) is -0.344. The summed E-state index contributed by atoms with van der Waals surface area (Å²) in [5, 5.41) is 6.93. The molecule has 9 heteroatoms. The van der Waals surface area contributed by atoms with Crippen LogP contribution in [0, 0.1) is 6.92 Å². The number of anilines is 2. The number of para-hydroxylation sites is 1. The highest BCUT2D eigenvalue weighted by atomic mass is 35.5. The fourth-order valence-electron chi connectivity index (χ4n) is 3.91. The third-order valence-electron chi connectivity index (χ3n) is 5.73. The Hall–Kier alpha value is -3.13. The second kappa shape index (κ2) is 11.1. The van der Waals surface area contributed by atoms with E-state index in [1.807, 2.05) is 48.2 Å². The van der Waals surface area contributed by atoms with Gasteiger partial charge in [-0.25, -0.2) is 0 Å². The zero-order chi connectivity index (χ0) is 24.9. The summed E-state index contributed by atoms with van der Waals surface area (Å²) < 4.78 is 0. The van der Waals surface area contributed by atoms with Crippen LogP contribution in [0.25, 0.3) is 0 Å². The Morgan fingerprint density at radius 3 is 2.26 bits per heavy atom. The predicted molar refractivity (Wildman–Crippen MR) is 146 cm³/mol. The van der Waals surface area contributed by atoms with Gasteiger partial charge in [0, 0.05) is 42.3 Å². The van der Waals surface area contributed by atoms with Crippen molar-refractivity contribution in [3.05, 3.63) is 93.5 Å². The summed E-state index contributed by atoms with van der Waals surface area (Å²) in [4.78, 5) is 29.4. The molecule has 1 heterocycles. The van der Waals surface area contributed by atoms with E-state index in [1.165, 1.54) is 0 Å². The molecule has 0 saturated carbocycles. The van der Waals surface area contributed by atoms with E-state index < -0.39 is 0 Å². The van der Waals surface area contributed by atoms with Crippen LogP contribution in [0.4, 0.5) is 11.4 Å². The average Bonchev–Trinajstić information content (AvgIpc) is 2.84. The van der Waals surface area contributed by atoms with Crippen molar-refractivity contribution in [2.45, 2.75) is 6.92 Å². The number of rotatable bonds is 4. The molecule has 1 saturated heterocycles. The number of carbonyl (C=O) groups excluding carboxylic acids is 2. The minimum absolute atomic E-state index is 0.0204. The molecule has 4 rings (SSSR count). The quantitative estimate of drug-likeness (QED) is 0.446. The number of piperazine rings is 1. The number of halogens is 2. The first-order valence-electron chi connectivity index (χ1n) is 11.1. The first-order valence-corrected chi connectivity index (χ1v) is 12.3. The van der Waals surface area contributed by atoms with Crippen LogP contribution in [0.2, 0.25) is 10.0 Å². The molecule has 6 nitrogen and oxygen atoms in total. The molecule has 0 unspecified atom stereocenters. The van der Waals surface area contributed by atoms with E-state index in [0.29, 0.717) is 53.0 Å². The van der Waals surface area contributed by atoms with Crippen molar-refractivity contribution in [2.75, 3.05) is 36.4 Å². The van der Waals surface area contributed by atoms with Gasteiger partial charge in [-0.05, 0) is 61.6 Å². The number of aryl methyl sites for hydroxylation is 1. The van der Waals surface area contributed by atoms with E-state index >= 15 is 0 Å². The molecule has 0 bridgehead atoms. The number of amides is 2. The fourth-order valence-corrected chi connectivity index (χ4v) is 4.60. The lowest BCUT2D eigenvalue weighted by atomic mass is 10.1. The molecule has 0 aromatic heterocycles. The number of nitrogens with one attached hydrogen (secondary N) is 2. The Morgan fingerprint density at radius 1 is 0.886 bits per heavy atom. The van der Waals surface area contributed by atoms with Gasteiger partial charge in [-0.15, -0.1) is 0 Å². The maximum absolute atomic E-state index is 12.9. The van der Waals surface area contributed by atoms with Crippen LogP contribution in [-0.2, 0) is 0 Å². The maximum atomic E-state index is 12.9. The Bertz CT molecular complexity index is 1260. The van der Waals surface area contributed by atoms with Gasteiger partial charge in [0.15, 0.2) is 5.11 Å². The molecule has 0 radical (unpaired) electrons. The fraction of sp³-hybridized carbons (Fsp3) is 0.192. The Balaban J connectivity index is 1.42. The summed E-state index contributed by atoms with van der Waals surface area (Å²) in [6, 6.07) is 19.7. The smallest absolute Gasteiger partial charge is 0.257 e. The molecule has 1 fully saturated rings. The lowest BCUT2D eigenvalue weighted by molar-refractivity contribution is 0.0746. The number of nitrogens with zero attached hydrogens (tertiary/aromatic N) is 2. The van der Waals surface area contributed by atoms with Gasteiger partial charge in [-0.2, -0.15) is 0 Å². The topological polar surface area (TPSA) is 64.7 Å². The predicted octanol–water partition coefficient (Wildman–Crippen LogP) is 5.39. The van der Waals surface area contributed by atoms with Crippen molar-refractivity contribution in [2.24, 2.45) is 0 Å². The molecule has 2 amide bonds. The number of thiocarbonyl (C=S) groups is 1. The Morgan fingerprint density at radius 2 is 1.57 bits per heavy atom. The molecular weight excluding hydrogens is 503 g/mol. The highest BCUT2D eigenvalue weighted by Crippen LogP contribution is 2.34. The first kappa shape index (κ1) is 25.0. The molecular formula is C26H24Cl2N4O2S. The Kier molecular flexibility index (Phi) is 7.90. The molecule has 1 aliphatic heterocycles. The molecule has 2 N–H and O–H groups in total. The lowest BCUT2D eigenvalue weighted by Crippen LogP contribution is -2.49. The lowest BCUT2D eigenvalue weighted by Gasteiger charge is -2.37. The summed E-state index contributed by atoms with van der Waals surface area (Å²) in [7, 11) is 0. The summed E-state index contributed by atoms with van der Waals surface area (Å²) in [6.07, 6.45) is 0. The molecule has 180 valence electrons. The number of carbonyl (C=O) groups is 2. The van der Waals surface area contributed by atoms with Gasteiger partial charge in [0.25, 0.3) is 11.8 Å². The van der Waals surface area contributed by atoms with Crippen molar-refractivity contribution < 1.29 is 9.59 Å². The van der Waals surface area contributed by atoms with Gasteiger partial charge in [0.05, 0.1) is 16.4 Å². The normalized spacial score (nSPS) is 13.3. The highest BCUT2D eigenvalue weighted by molar-refractivity contribution is 7.80. The summed E-state index contributed by atoms with van der Waals surface area (Å²) in [5.41, 5.74) is 3.65. The molecule has 35 heavy (non-hydrogen) atoms. The van der Waals surface area contributed by atoms with E-state index in [0.717, 1.165) is 11.3 Å². The van der Waals surface area contributed by atoms with Gasteiger partial charge in [0.2, 0.25) is 0 Å². The maximum Gasteiger partial charge on any atom is 0.257 e. The second-order valence-electron chi connectivity index (χ2n) is 8.20. The van der Waals surface area contributed by atoms with E-state index in [9.17, 15) is 9.59 Å².